The predicted octanol–water partition coefficient (Wildman–Crippen LogP) is 13.4. The molecule has 0 spiro atoms. The Morgan fingerprint density at radius 2 is 1.25 bits per heavy atom. The van der Waals surface area contributed by atoms with Crippen LogP contribution in [0.3, 0.4) is 0 Å². The number of phenols is 1. The van der Waals surface area contributed by atoms with Gasteiger partial charge in [0, 0.05) is 34.6 Å². The van der Waals surface area contributed by atoms with Gasteiger partial charge in [0.2, 0.25) is 0 Å². The lowest BCUT2D eigenvalue weighted by Crippen LogP contribution is -2.17. The van der Waals surface area contributed by atoms with Crippen LogP contribution < -0.4 is 0 Å². The van der Waals surface area contributed by atoms with Gasteiger partial charge in [-0.3, -0.25) is 14.5 Å². The average molecular weight is 747 g/mol. The molecule has 8 rings (SSSR count). The molecule has 1 N–H and O–H groups in total. The molecule has 3 aromatic heterocycles. The Hall–Kier alpha value is -6.33. The first-order chi connectivity index (χ1) is 27.2. The van der Waals surface area contributed by atoms with Crippen LogP contribution in [-0.4, -0.2) is 24.6 Å². The maximum atomic E-state index is 12.4. The van der Waals surface area contributed by atoms with E-state index in [0.29, 0.717) is 11.4 Å². The summed E-state index contributed by atoms with van der Waals surface area (Å²) in [5.74, 6) is 0.895. The summed E-state index contributed by atoms with van der Waals surface area (Å²) in [7, 11) is 0. The number of aromatic nitrogens is 4. The molecule has 0 aliphatic heterocycles. The Balaban J connectivity index is 1.48. The third-order valence-electron chi connectivity index (χ3n) is 11.0. The second-order valence-electron chi connectivity index (χ2n) is 17.4. The maximum Gasteiger partial charge on any atom is 0.149 e. The highest BCUT2D eigenvalue weighted by atomic mass is 16.3. The molecule has 0 saturated heterocycles. The van der Waals surface area contributed by atoms with E-state index in [4.69, 9.17) is 15.0 Å². The van der Waals surface area contributed by atoms with Crippen LogP contribution in [0.15, 0.2) is 134 Å². The highest BCUT2D eigenvalue weighted by Crippen LogP contribution is 2.45. The van der Waals surface area contributed by atoms with E-state index in [1.54, 1.807) is 0 Å². The van der Waals surface area contributed by atoms with Crippen molar-refractivity contribution < 1.29 is 5.11 Å². The third-order valence-corrected chi connectivity index (χ3v) is 11.0. The molecule has 0 aliphatic carbocycles. The summed E-state index contributed by atoms with van der Waals surface area (Å²) in [4.78, 5) is 15.3. The number of imidazole rings is 1. The molecule has 0 bridgehead atoms. The van der Waals surface area contributed by atoms with E-state index in [1.165, 1.54) is 22.3 Å². The lowest BCUT2D eigenvalue weighted by molar-refractivity contribution is 0.446. The molecule has 57 heavy (non-hydrogen) atoms. The van der Waals surface area contributed by atoms with Gasteiger partial charge in [0.15, 0.2) is 0 Å². The van der Waals surface area contributed by atoms with Crippen LogP contribution in [0.5, 0.6) is 5.75 Å². The molecular weight excluding hydrogens is 697 g/mol. The maximum absolute atomic E-state index is 12.4. The average Bonchev–Trinajstić information content (AvgIpc) is 3.57. The van der Waals surface area contributed by atoms with Crippen molar-refractivity contribution >= 4 is 11.0 Å². The Morgan fingerprint density at radius 3 is 1.93 bits per heavy atom. The minimum Gasteiger partial charge on any atom is -0.507 e. The summed E-state index contributed by atoms with van der Waals surface area (Å²) in [6.45, 7) is 19.6. The highest BCUT2D eigenvalue weighted by molar-refractivity contribution is 5.98. The molecule has 5 heteroatoms. The molecule has 0 unspecified atom stereocenters. The highest BCUT2D eigenvalue weighted by Gasteiger charge is 2.29. The summed E-state index contributed by atoms with van der Waals surface area (Å²) in [6.07, 6.45) is 5.67. The van der Waals surface area contributed by atoms with Crippen LogP contribution in [0.4, 0.5) is 0 Å². The lowest BCUT2D eigenvalue weighted by atomic mass is 9.79. The van der Waals surface area contributed by atoms with Gasteiger partial charge < -0.3 is 5.11 Å². The van der Waals surface area contributed by atoms with Crippen molar-refractivity contribution in [2.24, 2.45) is 0 Å². The smallest absolute Gasteiger partial charge is 0.149 e. The van der Waals surface area contributed by atoms with Crippen molar-refractivity contribution in [3.05, 3.63) is 162 Å². The molecule has 5 nitrogen and oxygen atoms in total. The molecule has 0 aliphatic rings. The largest absolute Gasteiger partial charge is 0.507 e. The zero-order valence-electron chi connectivity index (χ0n) is 34.4. The molecule has 0 radical (unpaired) electrons. The fourth-order valence-electron chi connectivity index (χ4n) is 8.21. The number of benzene rings is 5. The van der Waals surface area contributed by atoms with Crippen molar-refractivity contribution in [3.8, 4) is 67.5 Å². The van der Waals surface area contributed by atoms with Crippen LogP contribution in [-0.2, 0) is 10.8 Å². The standard InChI is InChI=1S/C52H50N4O/c1-32-23-33(2)47(34(3)24-32)38-26-36(25-37(27-38)44-20-15-16-22-54-44)42-30-53-31-46-48(42)55-50(41-28-39(51(4,5)6)29-43(49(41)57)52(7,8)9)56(46)45-21-14-13-19-40(45)35-17-11-10-12-18-35/h10-31,57H,1-9H3. The number of hydrogen-bond acceptors (Lipinski definition) is 4. The monoisotopic (exact) mass is 746 g/mol. The van der Waals surface area contributed by atoms with Gasteiger partial charge in [-0.1, -0.05) is 120 Å². The molecule has 0 amide bonds. The van der Waals surface area contributed by atoms with Crippen LogP contribution >= 0.6 is 0 Å². The molecule has 5 aromatic carbocycles. The summed E-state index contributed by atoms with van der Waals surface area (Å²) >= 11 is 0. The van der Waals surface area contributed by atoms with Crippen LogP contribution in [0.2, 0.25) is 0 Å². The number of rotatable bonds is 6. The lowest BCUT2D eigenvalue weighted by Gasteiger charge is -2.27. The third kappa shape index (κ3) is 7.03. The molecular formula is C52H50N4O. The normalized spacial score (nSPS) is 12.0. The van der Waals surface area contributed by atoms with Crippen molar-refractivity contribution in [3.63, 3.8) is 0 Å². The van der Waals surface area contributed by atoms with Crippen molar-refractivity contribution in [2.45, 2.75) is 73.1 Å². The summed E-state index contributed by atoms with van der Waals surface area (Å²) in [5.41, 5.74) is 16.7. The number of phenolic OH excluding ortho intramolecular Hbond substituents is 1. The van der Waals surface area contributed by atoms with E-state index in [-0.39, 0.29) is 16.6 Å². The van der Waals surface area contributed by atoms with Gasteiger partial charge in [0.1, 0.15) is 17.1 Å². The summed E-state index contributed by atoms with van der Waals surface area (Å²) in [5, 5.41) is 12.4. The van der Waals surface area contributed by atoms with E-state index in [0.717, 1.165) is 66.9 Å². The van der Waals surface area contributed by atoms with Gasteiger partial charge in [-0.25, -0.2) is 4.98 Å². The molecule has 284 valence electrons. The fourth-order valence-corrected chi connectivity index (χ4v) is 8.21. The van der Waals surface area contributed by atoms with E-state index in [9.17, 15) is 5.11 Å². The van der Waals surface area contributed by atoms with Gasteiger partial charge in [0.05, 0.1) is 28.7 Å². The second kappa shape index (κ2) is 14.3. The van der Waals surface area contributed by atoms with E-state index in [2.05, 4.69) is 164 Å². The van der Waals surface area contributed by atoms with E-state index in [1.807, 2.05) is 36.8 Å². The quantitative estimate of drug-likeness (QED) is 0.184. The first kappa shape index (κ1) is 37.6. The number of aromatic hydroxyl groups is 1. The van der Waals surface area contributed by atoms with Crippen LogP contribution in [0.1, 0.15) is 69.4 Å². The Kier molecular flexibility index (Phi) is 9.44. The topological polar surface area (TPSA) is 63.8 Å². The van der Waals surface area contributed by atoms with Crippen molar-refractivity contribution in [2.75, 3.05) is 0 Å². The number of pyridine rings is 2. The van der Waals surface area contributed by atoms with Gasteiger partial charge >= 0.3 is 0 Å². The number of nitrogens with zero attached hydrogens (tertiary/aromatic N) is 4. The van der Waals surface area contributed by atoms with Crippen molar-refractivity contribution in [1.29, 1.82) is 0 Å². The van der Waals surface area contributed by atoms with Gasteiger partial charge in [0.25, 0.3) is 0 Å². The van der Waals surface area contributed by atoms with Gasteiger partial charge in [-0.15, -0.1) is 0 Å². The second-order valence-corrected chi connectivity index (χ2v) is 17.4. The molecule has 3 heterocycles. The Morgan fingerprint density at radius 1 is 0.579 bits per heavy atom. The van der Waals surface area contributed by atoms with Gasteiger partial charge in [-0.05, 0) is 113 Å². The Labute approximate surface area is 336 Å². The minimum absolute atomic E-state index is 0.178. The molecule has 8 aromatic rings. The van der Waals surface area contributed by atoms with Crippen LogP contribution in [0.25, 0.3) is 72.7 Å². The minimum atomic E-state index is -0.319. The summed E-state index contributed by atoms with van der Waals surface area (Å²) < 4.78 is 2.19. The number of fused-ring (bicyclic) bond motifs is 1. The molecule has 0 fully saturated rings. The molecule has 0 atom stereocenters. The fraction of sp³-hybridized carbons (Fsp3) is 0.212. The van der Waals surface area contributed by atoms with Gasteiger partial charge in [-0.2, -0.15) is 0 Å². The van der Waals surface area contributed by atoms with E-state index < -0.39 is 0 Å². The number of hydrogen-bond donors (Lipinski definition) is 1. The predicted molar refractivity (Wildman–Crippen MR) is 237 cm³/mol. The Bertz CT molecular complexity index is 2760. The number of para-hydroxylation sites is 1. The first-order valence-electron chi connectivity index (χ1n) is 19.7. The first-order valence-corrected chi connectivity index (χ1v) is 19.7. The van der Waals surface area contributed by atoms with Crippen LogP contribution in [0, 0.1) is 20.8 Å². The van der Waals surface area contributed by atoms with E-state index >= 15 is 0 Å². The number of aryl methyl sites for hydroxylation is 3. The zero-order chi connectivity index (χ0) is 40.2. The van der Waals surface area contributed by atoms with Crippen molar-refractivity contribution in [1.82, 2.24) is 19.5 Å². The summed E-state index contributed by atoms with van der Waals surface area (Å²) in [6, 6.07) is 40.4. The molecule has 0 saturated carbocycles. The SMILES string of the molecule is Cc1cc(C)c(-c2cc(-c3ccccn3)cc(-c3cncc4c3nc(-c3cc(C(C)(C)C)cc(C(C)(C)C)c3O)n4-c3ccccc3-c3ccccc3)c2)c(C)c1. The zero-order valence-corrected chi connectivity index (χ0v) is 34.4.